The predicted molar refractivity (Wildman–Crippen MR) is 54.4 cm³/mol. The van der Waals surface area contributed by atoms with Crippen molar-refractivity contribution in [3.05, 3.63) is 29.8 Å². The molecular formula is C10H12N2O2. The maximum Gasteiger partial charge on any atom is 0.271 e. The van der Waals surface area contributed by atoms with Crippen LogP contribution in [-0.2, 0) is 0 Å². The van der Waals surface area contributed by atoms with Gasteiger partial charge in [0.05, 0.1) is 0 Å². The molecule has 14 heavy (non-hydrogen) atoms. The Labute approximate surface area is 82.3 Å². The van der Waals surface area contributed by atoms with Gasteiger partial charge in [-0.3, -0.25) is 4.79 Å². The summed E-state index contributed by atoms with van der Waals surface area (Å²) in [6.45, 7) is 1.93. The fraction of sp³-hybridized carbons (Fsp3) is 0.200. The normalized spacial score (nSPS) is 10.4. The molecule has 74 valence electrons. The van der Waals surface area contributed by atoms with Crippen LogP contribution in [0.15, 0.2) is 29.4 Å². The number of hydrazone groups is 1. The molecule has 4 heteroatoms. The number of rotatable bonds is 3. The zero-order valence-corrected chi connectivity index (χ0v) is 7.90. The molecule has 0 radical (unpaired) electrons. The number of phenols is 1. The maximum atomic E-state index is 11.3. The lowest BCUT2D eigenvalue weighted by Crippen LogP contribution is -2.17. The van der Waals surface area contributed by atoms with Gasteiger partial charge in [0.25, 0.3) is 5.91 Å². The number of phenolic OH excluding ortho intramolecular Hbond substituents is 1. The SMILES string of the molecule is CC/C=N/NC(=O)c1ccc(O)cc1. The number of carbonyl (C=O) groups excluding carboxylic acids is 1. The van der Waals surface area contributed by atoms with E-state index in [0.717, 1.165) is 6.42 Å². The van der Waals surface area contributed by atoms with E-state index in [0.29, 0.717) is 5.56 Å². The summed E-state index contributed by atoms with van der Waals surface area (Å²) < 4.78 is 0. The summed E-state index contributed by atoms with van der Waals surface area (Å²) in [5.41, 5.74) is 2.84. The summed E-state index contributed by atoms with van der Waals surface area (Å²) in [4.78, 5) is 11.3. The van der Waals surface area contributed by atoms with Gasteiger partial charge in [0, 0.05) is 11.8 Å². The van der Waals surface area contributed by atoms with Crippen LogP contribution in [0, 0.1) is 0 Å². The topological polar surface area (TPSA) is 61.7 Å². The molecule has 0 atom stereocenters. The fourth-order valence-electron chi connectivity index (χ4n) is 0.873. The van der Waals surface area contributed by atoms with Crippen LogP contribution >= 0.6 is 0 Å². The van der Waals surface area contributed by atoms with Gasteiger partial charge in [0.15, 0.2) is 0 Å². The summed E-state index contributed by atoms with van der Waals surface area (Å²) in [6.07, 6.45) is 2.38. The highest BCUT2D eigenvalue weighted by molar-refractivity contribution is 5.94. The lowest BCUT2D eigenvalue weighted by Gasteiger charge is -1.98. The Bertz CT molecular complexity index is 330. The smallest absolute Gasteiger partial charge is 0.271 e. The lowest BCUT2D eigenvalue weighted by molar-refractivity contribution is 0.0955. The Kier molecular flexibility index (Phi) is 3.67. The number of carbonyl (C=O) groups is 1. The van der Waals surface area contributed by atoms with Gasteiger partial charge in [-0.25, -0.2) is 5.43 Å². The van der Waals surface area contributed by atoms with Crippen LogP contribution in [0.25, 0.3) is 0 Å². The van der Waals surface area contributed by atoms with Gasteiger partial charge in [-0.15, -0.1) is 0 Å². The Morgan fingerprint density at radius 1 is 1.50 bits per heavy atom. The molecule has 2 N–H and O–H groups in total. The van der Waals surface area contributed by atoms with Crippen molar-refractivity contribution in [1.82, 2.24) is 5.43 Å². The minimum Gasteiger partial charge on any atom is -0.508 e. The van der Waals surface area contributed by atoms with E-state index in [9.17, 15) is 4.79 Å². The minimum absolute atomic E-state index is 0.138. The number of hydrogen-bond donors (Lipinski definition) is 2. The molecule has 0 fully saturated rings. The van der Waals surface area contributed by atoms with E-state index in [1.165, 1.54) is 24.3 Å². The second-order valence-electron chi connectivity index (χ2n) is 2.71. The third kappa shape index (κ3) is 2.90. The molecule has 0 saturated heterocycles. The number of nitrogens with one attached hydrogen (secondary N) is 1. The zero-order valence-electron chi connectivity index (χ0n) is 7.90. The van der Waals surface area contributed by atoms with Gasteiger partial charge in [-0.1, -0.05) is 6.92 Å². The van der Waals surface area contributed by atoms with Crippen molar-refractivity contribution in [2.24, 2.45) is 5.10 Å². The third-order valence-corrected chi connectivity index (χ3v) is 1.57. The number of hydrogen-bond acceptors (Lipinski definition) is 3. The van der Waals surface area contributed by atoms with Crippen molar-refractivity contribution in [1.29, 1.82) is 0 Å². The number of benzene rings is 1. The first kappa shape index (κ1) is 10.2. The Hall–Kier alpha value is -1.84. The molecule has 0 aliphatic carbocycles. The molecule has 1 aromatic rings. The van der Waals surface area contributed by atoms with Crippen LogP contribution in [0.1, 0.15) is 23.7 Å². The molecule has 1 rings (SSSR count). The van der Waals surface area contributed by atoms with E-state index in [1.807, 2.05) is 6.92 Å². The maximum absolute atomic E-state index is 11.3. The summed E-state index contributed by atoms with van der Waals surface area (Å²) in [5.74, 6) is -0.145. The number of aromatic hydroxyl groups is 1. The van der Waals surface area contributed by atoms with Crippen LogP contribution in [0.3, 0.4) is 0 Å². The highest BCUT2D eigenvalue weighted by Crippen LogP contribution is 2.09. The fourth-order valence-corrected chi connectivity index (χ4v) is 0.873. The van der Waals surface area contributed by atoms with E-state index >= 15 is 0 Å². The first-order valence-electron chi connectivity index (χ1n) is 4.35. The van der Waals surface area contributed by atoms with Crippen molar-refractivity contribution < 1.29 is 9.90 Å². The van der Waals surface area contributed by atoms with Crippen LogP contribution < -0.4 is 5.43 Å². The summed E-state index contributed by atoms with van der Waals surface area (Å²) in [7, 11) is 0. The molecule has 0 unspecified atom stereocenters. The standard InChI is InChI=1S/C10H12N2O2/c1-2-7-11-12-10(14)8-3-5-9(13)6-4-8/h3-7,13H,2H2,1H3,(H,12,14)/b11-7+. The molecule has 1 amide bonds. The molecule has 0 saturated carbocycles. The van der Waals surface area contributed by atoms with E-state index in [4.69, 9.17) is 5.11 Å². The highest BCUT2D eigenvalue weighted by Gasteiger charge is 2.02. The van der Waals surface area contributed by atoms with E-state index in [2.05, 4.69) is 10.5 Å². The molecule has 0 bridgehead atoms. The van der Waals surface area contributed by atoms with Crippen LogP contribution in [-0.4, -0.2) is 17.2 Å². The van der Waals surface area contributed by atoms with Crippen molar-refractivity contribution >= 4 is 12.1 Å². The van der Waals surface area contributed by atoms with Gasteiger partial charge in [0.2, 0.25) is 0 Å². The molecule has 0 heterocycles. The van der Waals surface area contributed by atoms with E-state index in [-0.39, 0.29) is 11.7 Å². The van der Waals surface area contributed by atoms with Crippen LogP contribution in [0.4, 0.5) is 0 Å². The van der Waals surface area contributed by atoms with Crippen molar-refractivity contribution in [3.63, 3.8) is 0 Å². The summed E-state index contributed by atoms with van der Waals surface area (Å²) in [5, 5.41) is 12.7. The zero-order chi connectivity index (χ0) is 10.4. The quantitative estimate of drug-likeness (QED) is 0.563. The van der Waals surface area contributed by atoms with Crippen molar-refractivity contribution in [2.45, 2.75) is 13.3 Å². The van der Waals surface area contributed by atoms with Gasteiger partial charge in [-0.05, 0) is 30.7 Å². The highest BCUT2D eigenvalue weighted by atomic mass is 16.3. The largest absolute Gasteiger partial charge is 0.508 e. The second-order valence-corrected chi connectivity index (χ2v) is 2.71. The number of nitrogens with zero attached hydrogens (tertiary/aromatic N) is 1. The molecule has 4 nitrogen and oxygen atoms in total. The number of amides is 1. The molecule has 0 aliphatic rings. The van der Waals surface area contributed by atoms with E-state index < -0.39 is 0 Å². The predicted octanol–water partition coefficient (Wildman–Crippen LogP) is 1.52. The van der Waals surface area contributed by atoms with Crippen molar-refractivity contribution in [2.75, 3.05) is 0 Å². The Morgan fingerprint density at radius 3 is 2.71 bits per heavy atom. The average molecular weight is 192 g/mol. The molecule has 1 aromatic carbocycles. The van der Waals surface area contributed by atoms with Crippen LogP contribution in [0.5, 0.6) is 5.75 Å². The Balaban J connectivity index is 2.61. The molecule has 0 aliphatic heterocycles. The minimum atomic E-state index is -0.283. The monoisotopic (exact) mass is 192 g/mol. The van der Waals surface area contributed by atoms with Gasteiger partial charge >= 0.3 is 0 Å². The molecule has 0 aromatic heterocycles. The lowest BCUT2D eigenvalue weighted by atomic mass is 10.2. The van der Waals surface area contributed by atoms with Gasteiger partial charge in [0.1, 0.15) is 5.75 Å². The molecule has 0 spiro atoms. The van der Waals surface area contributed by atoms with Gasteiger partial charge in [-0.2, -0.15) is 5.10 Å². The van der Waals surface area contributed by atoms with Gasteiger partial charge < -0.3 is 5.11 Å². The third-order valence-electron chi connectivity index (χ3n) is 1.57. The first-order valence-corrected chi connectivity index (χ1v) is 4.35. The Morgan fingerprint density at radius 2 is 2.14 bits per heavy atom. The van der Waals surface area contributed by atoms with E-state index in [1.54, 1.807) is 6.21 Å². The molecular weight excluding hydrogens is 180 g/mol. The second kappa shape index (κ2) is 5.01. The first-order chi connectivity index (χ1) is 6.74. The summed E-state index contributed by atoms with van der Waals surface area (Å²) in [6, 6.07) is 5.98. The van der Waals surface area contributed by atoms with Crippen LogP contribution in [0.2, 0.25) is 0 Å². The summed E-state index contributed by atoms with van der Waals surface area (Å²) >= 11 is 0. The average Bonchev–Trinajstić information content (AvgIpc) is 2.19. The van der Waals surface area contributed by atoms with Crippen molar-refractivity contribution in [3.8, 4) is 5.75 Å².